The molecule has 0 aliphatic heterocycles. The molecule has 0 aromatic carbocycles. The zero-order valence-electron chi connectivity index (χ0n) is 8.97. The predicted molar refractivity (Wildman–Crippen MR) is 54.6 cm³/mol. The lowest BCUT2D eigenvalue weighted by molar-refractivity contribution is 0.0595. The van der Waals surface area contributed by atoms with E-state index in [0.717, 1.165) is 6.54 Å². The van der Waals surface area contributed by atoms with Crippen LogP contribution < -0.4 is 0 Å². The second-order valence-electron chi connectivity index (χ2n) is 3.10. The van der Waals surface area contributed by atoms with Crippen molar-refractivity contribution in [2.75, 3.05) is 7.11 Å². The molecular weight excluding hydrogens is 210 g/mol. The van der Waals surface area contributed by atoms with E-state index in [1.807, 2.05) is 11.5 Å². The second-order valence-corrected chi connectivity index (χ2v) is 3.10. The first-order valence-corrected chi connectivity index (χ1v) is 4.77. The lowest BCUT2D eigenvalue weighted by atomic mass is 10.2. The summed E-state index contributed by atoms with van der Waals surface area (Å²) in [4.78, 5) is 15.5. The number of ether oxygens (including phenoxy) is 1. The first-order chi connectivity index (χ1) is 7.76. The highest BCUT2D eigenvalue weighted by Crippen LogP contribution is 2.17. The van der Waals surface area contributed by atoms with Gasteiger partial charge < -0.3 is 9.30 Å². The molecule has 0 spiro atoms. The molecule has 0 amide bonds. The Morgan fingerprint density at radius 3 is 3.00 bits per heavy atom. The Balaban J connectivity index is 2.40. The Morgan fingerprint density at radius 1 is 1.56 bits per heavy atom. The fraction of sp³-hybridized carbons (Fsp3) is 0.333. The minimum absolute atomic E-state index is 0.142. The largest absolute Gasteiger partial charge is 0.464 e. The molecule has 2 aromatic heterocycles. The molecule has 0 unspecified atom stereocenters. The molecule has 2 heterocycles. The average Bonchev–Trinajstić information content (AvgIpc) is 2.95. The first-order valence-electron chi connectivity index (χ1n) is 4.77. The van der Waals surface area contributed by atoms with Gasteiger partial charge in [-0.1, -0.05) is 0 Å². The van der Waals surface area contributed by atoms with Crippen LogP contribution in [-0.4, -0.2) is 38.0 Å². The van der Waals surface area contributed by atoms with Crippen LogP contribution in [0, 0.1) is 0 Å². The Morgan fingerprint density at radius 2 is 2.38 bits per heavy atom. The van der Waals surface area contributed by atoms with E-state index in [-0.39, 0.29) is 5.69 Å². The summed E-state index contributed by atoms with van der Waals surface area (Å²) < 4.78 is 6.47. The normalized spacial score (nSPS) is 10.4. The maximum atomic E-state index is 11.4. The minimum atomic E-state index is -0.533. The van der Waals surface area contributed by atoms with Crippen molar-refractivity contribution in [1.82, 2.24) is 25.0 Å². The van der Waals surface area contributed by atoms with Gasteiger partial charge in [0.25, 0.3) is 0 Å². The van der Waals surface area contributed by atoms with Crippen molar-refractivity contribution < 1.29 is 9.53 Å². The summed E-state index contributed by atoms with van der Waals surface area (Å²) in [6.07, 6.45) is 3.47. The van der Waals surface area contributed by atoms with Crippen molar-refractivity contribution >= 4 is 5.97 Å². The van der Waals surface area contributed by atoms with E-state index in [1.54, 1.807) is 12.5 Å². The number of aromatic nitrogens is 5. The van der Waals surface area contributed by atoms with Gasteiger partial charge in [-0.3, -0.25) is 0 Å². The molecule has 0 fully saturated rings. The standard InChI is InChI=1S/C9H11N5O2/c1-3-14-4-6(10-5-14)7-8(9(15)16-2)12-13-11-7/h4-5H,3H2,1-2H3,(H,11,12,13). The van der Waals surface area contributed by atoms with E-state index in [1.165, 1.54) is 7.11 Å². The Bertz CT molecular complexity index is 501. The summed E-state index contributed by atoms with van der Waals surface area (Å²) in [6.45, 7) is 2.80. The smallest absolute Gasteiger partial charge is 0.360 e. The van der Waals surface area contributed by atoms with E-state index in [0.29, 0.717) is 11.4 Å². The lowest BCUT2D eigenvalue weighted by Crippen LogP contribution is -2.03. The number of nitrogens with one attached hydrogen (secondary N) is 1. The van der Waals surface area contributed by atoms with Crippen molar-refractivity contribution in [2.45, 2.75) is 13.5 Å². The summed E-state index contributed by atoms with van der Waals surface area (Å²) in [5.41, 5.74) is 1.14. The highest BCUT2D eigenvalue weighted by atomic mass is 16.5. The third-order valence-corrected chi connectivity index (χ3v) is 2.17. The number of methoxy groups -OCH3 is 1. The number of imidazole rings is 1. The average molecular weight is 221 g/mol. The molecule has 16 heavy (non-hydrogen) atoms. The molecule has 84 valence electrons. The maximum absolute atomic E-state index is 11.4. The third-order valence-electron chi connectivity index (χ3n) is 2.17. The summed E-state index contributed by atoms with van der Waals surface area (Å²) in [7, 11) is 1.30. The van der Waals surface area contributed by atoms with E-state index in [9.17, 15) is 4.79 Å². The molecule has 0 bridgehead atoms. The monoisotopic (exact) mass is 221 g/mol. The van der Waals surface area contributed by atoms with Crippen LogP contribution >= 0.6 is 0 Å². The van der Waals surface area contributed by atoms with Crippen molar-refractivity contribution in [1.29, 1.82) is 0 Å². The molecule has 1 N–H and O–H groups in total. The van der Waals surface area contributed by atoms with Gasteiger partial charge in [0, 0.05) is 12.7 Å². The van der Waals surface area contributed by atoms with E-state index >= 15 is 0 Å². The molecule has 0 aliphatic rings. The Hall–Kier alpha value is -2.18. The van der Waals surface area contributed by atoms with Crippen molar-refractivity contribution in [3.8, 4) is 11.4 Å². The third kappa shape index (κ3) is 1.67. The number of esters is 1. The molecule has 7 heteroatoms. The van der Waals surface area contributed by atoms with Crippen molar-refractivity contribution in [2.24, 2.45) is 0 Å². The molecule has 0 saturated heterocycles. The number of hydrogen-bond donors (Lipinski definition) is 1. The number of rotatable bonds is 3. The van der Waals surface area contributed by atoms with E-state index in [2.05, 4.69) is 25.1 Å². The molecule has 2 rings (SSSR count). The summed E-state index contributed by atoms with van der Waals surface area (Å²) >= 11 is 0. The van der Waals surface area contributed by atoms with Gasteiger partial charge in [-0.05, 0) is 6.92 Å². The van der Waals surface area contributed by atoms with Crippen LogP contribution in [0.1, 0.15) is 17.4 Å². The van der Waals surface area contributed by atoms with Gasteiger partial charge in [0.2, 0.25) is 0 Å². The fourth-order valence-electron chi connectivity index (χ4n) is 1.30. The van der Waals surface area contributed by atoms with Crippen molar-refractivity contribution in [3.05, 3.63) is 18.2 Å². The predicted octanol–water partition coefficient (Wildman–Crippen LogP) is 0.475. The van der Waals surface area contributed by atoms with Gasteiger partial charge in [0.1, 0.15) is 11.4 Å². The second kappa shape index (κ2) is 4.13. The van der Waals surface area contributed by atoms with Crippen LogP contribution in [0.2, 0.25) is 0 Å². The van der Waals surface area contributed by atoms with Gasteiger partial charge in [0.15, 0.2) is 5.69 Å². The number of carbonyl (C=O) groups is 1. The minimum Gasteiger partial charge on any atom is -0.464 e. The van der Waals surface area contributed by atoms with Gasteiger partial charge >= 0.3 is 5.97 Å². The zero-order valence-corrected chi connectivity index (χ0v) is 8.97. The molecular formula is C9H11N5O2. The number of hydrogen-bond acceptors (Lipinski definition) is 5. The molecule has 0 aliphatic carbocycles. The van der Waals surface area contributed by atoms with Crippen LogP contribution in [0.3, 0.4) is 0 Å². The number of aryl methyl sites for hydroxylation is 1. The first kappa shape index (κ1) is 10.3. The highest BCUT2D eigenvalue weighted by Gasteiger charge is 2.19. The number of nitrogens with zero attached hydrogens (tertiary/aromatic N) is 4. The quantitative estimate of drug-likeness (QED) is 0.761. The van der Waals surface area contributed by atoms with Gasteiger partial charge in [-0.15, -0.1) is 5.10 Å². The van der Waals surface area contributed by atoms with E-state index in [4.69, 9.17) is 0 Å². The Kier molecular flexibility index (Phi) is 2.67. The molecule has 0 radical (unpaired) electrons. The summed E-state index contributed by atoms with van der Waals surface area (Å²) in [6, 6.07) is 0. The van der Waals surface area contributed by atoms with E-state index < -0.39 is 5.97 Å². The van der Waals surface area contributed by atoms with Crippen LogP contribution in [-0.2, 0) is 11.3 Å². The number of H-pyrrole nitrogens is 1. The lowest BCUT2D eigenvalue weighted by Gasteiger charge is -1.95. The number of carbonyl (C=O) groups excluding carboxylic acids is 1. The summed E-state index contributed by atoms with van der Waals surface area (Å²) in [5.74, 6) is -0.533. The van der Waals surface area contributed by atoms with Crippen LogP contribution in [0.25, 0.3) is 11.4 Å². The summed E-state index contributed by atoms with van der Waals surface area (Å²) in [5, 5.41) is 10.0. The van der Waals surface area contributed by atoms with Gasteiger partial charge in [-0.2, -0.15) is 10.3 Å². The zero-order chi connectivity index (χ0) is 11.5. The fourth-order valence-corrected chi connectivity index (χ4v) is 1.30. The van der Waals surface area contributed by atoms with Crippen LogP contribution in [0.4, 0.5) is 0 Å². The van der Waals surface area contributed by atoms with Crippen molar-refractivity contribution in [3.63, 3.8) is 0 Å². The molecule has 0 atom stereocenters. The maximum Gasteiger partial charge on any atom is 0.360 e. The molecule has 0 saturated carbocycles. The SMILES string of the molecule is CCn1cnc(-c2n[nH]nc2C(=O)OC)c1. The Labute approximate surface area is 91.4 Å². The molecule has 7 nitrogen and oxygen atoms in total. The van der Waals surface area contributed by atoms with Gasteiger partial charge in [-0.25, -0.2) is 9.78 Å². The number of aromatic amines is 1. The van der Waals surface area contributed by atoms with Gasteiger partial charge in [0.05, 0.1) is 13.4 Å². The molecule has 2 aromatic rings. The topological polar surface area (TPSA) is 85.7 Å². The van der Waals surface area contributed by atoms with Crippen LogP contribution in [0.15, 0.2) is 12.5 Å². The highest BCUT2D eigenvalue weighted by molar-refractivity contribution is 5.93. The van der Waals surface area contributed by atoms with Crippen LogP contribution in [0.5, 0.6) is 0 Å².